The zero-order valence-electron chi connectivity index (χ0n) is 14.3. The van der Waals surface area contributed by atoms with E-state index < -0.39 is 34.2 Å². The molecule has 1 N–H and O–H groups in total. The average molecular weight is 357 g/mol. The third-order valence-corrected chi connectivity index (χ3v) is 5.26. The highest BCUT2D eigenvalue weighted by Crippen LogP contribution is 2.46. The fourth-order valence-corrected chi connectivity index (χ4v) is 3.95. The van der Waals surface area contributed by atoms with E-state index in [1.807, 2.05) is 0 Å². The molecule has 0 saturated heterocycles. The highest BCUT2D eigenvalue weighted by Gasteiger charge is 2.54. The van der Waals surface area contributed by atoms with Crippen molar-refractivity contribution in [3.63, 3.8) is 0 Å². The van der Waals surface area contributed by atoms with Crippen molar-refractivity contribution in [1.29, 1.82) is 0 Å². The molecular formula is C20H20FNO4. The van der Waals surface area contributed by atoms with E-state index in [1.165, 1.54) is 24.3 Å². The molecule has 0 aromatic heterocycles. The lowest BCUT2D eigenvalue weighted by atomic mass is 9.63. The van der Waals surface area contributed by atoms with Crippen LogP contribution in [-0.4, -0.2) is 27.5 Å². The Kier molecular flexibility index (Phi) is 4.87. The maximum absolute atomic E-state index is 13.3. The number of nitro groups is 1. The van der Waals surface area contributed by atoms with Gasteiger partial charge >= 0.3 is 0 Å². The molecule has 6 heteroatoms. The highest BCUT2D eigenvalue weighted by molar-refractivity contribution is 5.99. The lowest BCUT2D eigenvalue weighted by Gasteiger charge is -2.42. The Morgan fingerprint density at radius 2 is 1.81 bits per heavy atom. The Bertz CT molecular complexity index is 804. The second-order valence-corrected chi connectivity index (χ2v) is 7.03. The summed E-state index contributed by atoms with van der Waals surface area (Å²) in [5.41, 5.74) is -0.505. The van der Waals surface area contributed by atoms with Gasteiger partial charge in [0.1, 0.15) is 5.82 Å². The Morgan fingerprint density at radius 3 is 2.38 bits per heavy atom. The Morgan fingerprint density at radius 1 is 1.19 bits per heavy atom. The monoisotopic (exact) mass is 357 g/mol. The standard InChI is InChI=1S/C20H20FNO4/c1-20(24)12-11-16(22(25)26)17(13-7-9-15(21)10-8-13)18(20)19(23)14-5-3-2-4-6-14/h2-10,16-18,24H,11-12H2,1H3/t16-,17+,18+,20+/m0/s1. The third kappa shape index (κ3) is 3.37. The van der Waals surface area contributed by atoms with Crippen molar-refractivity contribution in [1.82, 2.24) is 0 Å². The van der Waals surface area contributed by atoms with E-state index in [0.717, 1.165) is 0 Å². The molecule has 2 aromatic carbocycles. The zero-order valence-corrected chi connectivity index (χ0v) is 14.3. The molecule has 0 spiro atoms. The number of hydrogen-bond acceptors (Lipinski definition) is 4. The quantitative estimate of drug-likeness (QED) is 0.515. The van der Waals surface area contributed by atoms with E-state index in [-0.39, 0.29) is 18.6 Å². The zero-order chi connectivity index (χ0) is 18.9. The van der Waals surface area contributed by atoms with Gasteiger partial charge in [-0.1, -0.05) is 42.5 Å². The van der Waals surface area contributed by atoms with Crippen molar-refractivity contribution >= 4 is 5.78 Å². The summed E-state index contributed by atoms with van der Waals surface area (Å²) in [5.74, 6) is -2.61. The maximum atomic E-state index is 13.3. The van der Waals surface area contributed by atoms with E-state index in [1.54, 1.807) is 37.3 Å². The number of Topliss-reactive ketones (excluding diaryl/α,β-unsaturated/α-hetero) is 1. The predicted molar refractivity (Wildman–Crippen MR) is 94.0 cm³/mol. The molecule has 0 amide bonds. The number of benzene rings is 2. The second-order valence-electron chi connectivity index (χ2n) is 7.03. The van der Waals surface area contributed by atoms with Crippen LogP contribution in [0.5, 0.6) is 0 Å². The lowest BCUT2D eigenvalue weighted by molar-refractivity contribution is -0.533. The summed E-state index contributed by atoms with van der Waals surface area (Å²) in [4.78, 5) is 24.4. The fraction of sp³-hybridized carbons (Fsp3) is 0.350. The molecule has 0 unspecified atom stereocenters. The van der Waals surface area contributed by atoms with Crippen molar-refractivity contribution < 1.29 is 19.2 Å². The van der Waals surface area contributed by atoms with Gasteiger partial charge in [0.2, 0.25) is 6.04 Å². The smallest absolute Gasteiger partial charge is 0.220 e. The van der Waals surface area contributed by atoms with Crippen LogP contribution < -0.4 is 0 Å². The summed E-state index contributed by atoms with van der Waals surface area (Å²) in [6.07, 6.45) is 0.306. The molecule has 0 radical (unpaired) electrons. The van der Waals surface area contributed by atoms with E-state index >= 15 is 0 Å². The largest absolute Gasteiger partial charge is 0.389 e. The fourth-order valence-electron chi connectivity index (χ4n) is 3.95. The van der Waals surface area contributed by atoms with Crippen LogP contribution in [0.1, 0.15) is 41.6 Å². The van der Waals surface area contributed by atoms with Crippen LogP contribution in [-0.2, 0) is 0 Å². The molecule has 1 aliphatic carbocycles. The van der Waals surface area contributed by atoms with Crippen molar-refractivity contribution in [2.45, 2.75) is 37.3 Å². The number of carbonyl (C=O) groups is 1. The van der Waals surface area contributed by atoms with E-state index in [0.29, 0.717) is 11.1 Å². The first-order valence-electron chi connectivity index (χ1n) is 8.52. The van der Waals surface area contributed by atoms with Crippen LogP contribution in [0.4, 0.5) is 4.39 Å². The van der Waals surface area contributed by atoms with Gasteiger partial charge in [0, 0.05) is 16.9 Å². The first-order chi connectivity index (χ1) is 12.3. The average Bonchev–Trinajstić information content (AvgIpc) is 2.61. The SMILES string of the molecule is C[C@@]1(O)CC[C@H]([N+](=O)[O-])[C@@H](c2ccc(F)cc2)[C@@H]1C(=O)c1ccccc1. The lowest BCUT2D eigenvalue weighted by Crippen LogP contribution is -2.52. The number of ketones is 1. The van der Waals surface area contributed by atoms with Crippen LogP contribution in [0.15, 0.2) is 54.6 Å². The highest BCUT2D eigenvalue weighted by atomic mass is 19.1. The molecule has 26 heavy (non-hydrogen) atoms. The van der Waals surface area contributed by atoms with Gasteiger partial charge in [0.25, 0.3) is 0 Å². The first kappa shape index (κ1) is 18.2. The van der Waals surface area contributed by atoms with Gasteiger partial charge in [-0.2, -0.15) is 0 Å². The summed E-state index contributed by atoms with van der Waals surface area (Å²) in [6.45, 7) is 1.55. The van der Waals surface area contributed by atoms with Crippen LogP contribution in [0.3, 0.4) is 0 Å². The van der Waals surface area contributed by atoms with E-state index in [4.69, 9.17) is 0 Å². The van der Waals surface area contributed by atoms with Gasteiger partial charge < -0.3 is 5.11 Å². The van der Waals surface area contributed by atoms with E-state index in [2.05, 4.69) is 0 Å². The topological polar surface area (TPSA) is 80.4 Å². The van der Waals surface area contributed by atoms with Crippen LogP contribution in [0, 0.1) is 21.8 Å². The molecule has 0 heterocycles. The van der Waals surface area contributed by atoms with Crippen LogP contribution in [0.2, 0.25) is 0 Å². The summed E-state index contributed by atoms with van der Waals surface area (Å²) >= 11 is 0. The summed E-state index contributed by atoms with van der Waals surface area (Å²) in [6, 6.07) is 12.8. The predicted octanol–water partition coefficient (Wildman–Crippen LogP) is 3.60. The molecule has 3 rings (SSSR count). The number of hydrogen-bond donors (Lipinski definition) is 1. The molecule has 4 atom stereocenters. The minimum atomic E-state index is -1.39. The minimum absolute atomic E-state index is 0.152. The second kappa shape index (κ2) is 6.96. The van der Waals surface area contributed by atoms with Gasteiger partial charge in [-0.05, 0) is 31.0 Å². The molecule has 1 saturated carbocycles. The molecule has 5 nitrogen and oxygen atoms in total. The summed E-state index contributed by atoms with van der Waals surface area (Å²) < 4.78 is 13.3. The summed E-state index contributed by atoms with van der Waals surface area (Å²) in [5, 5.41) is 22.6. The Hall–Kier alpha value is -2.60. The van der Waals surface area contributed by atoms with Crippen molar-refractivity contribution in [3.05, 3.63) is 81.7 Å². The number of carbonyl (C=O) groups excluding carboxylic acids is 1. The van der Waals surface area contributed by atoms with Gasteiger partial charge in [-0.3, -0.25) is 14.9 Å². The van der Waals surface area contributed by atoms with Gasteiger partial charge in [0.05, 0.1) is 17.4 Å². The van der Waals surface area contributed by atoms with Gasteiger partial charge in [-0.15, -0.1) is 0 Å². The van der Waals surface area contributed by atoms with Gasteiger partial charge in [-0.25, -0.2) is 4.39 Å². The third-order valence-electron chi connectivity index (χ3n) is 5.26. The first-order valence-corrected chi connectivity index (χ1v) is 8.52. The number of rotatable bonds is 4. The Balaban J connectivity index is 2.11. The molecule has 1 fully saturated rings. The molecule has 0 aliphatic heterocycles. The van der Waals surface area contributed by atoms with E-state index in [9.17, 15) is 24.4 Å². The number of nitrogens with zero attached hydrogens (tertiary/aromatic N) is 1. The van der Waals surface area contributed by atoms with Gasteiger partial charge in [0.15, 0.2) is 5.78 Å². The molecule has 136 valence electrons. The molecule has 2 aromatic rings. The van der Waals surface area contributed by atoms with Crippen molar-refractivity contribution in [3.8, 4) is 0 Å². The normalized spacial score (nSPS) is 28.5. The maximum Gasteiger partial charge on any atom is 0.220 e. The minimum Gasteiger partial charge on any atom is -0.389 e. The summed E-state index contributed by atoms with van der Waals surface area (Å²) in [7, 11) is 0. The van der Waals surface area contributed by atoms with Crippen molar-refractivity contribution in [2.24, 2.45) is 5.92 Å². The number of halogens is 1. The van der Waals surface area contributed by atoms with Crippen molar-refractivity contribution in [2.75, 3.05) is 0 Å². The number of aliphatic hydroxyl groups is 1. The Labute approximate surface area is 150 Å². The van der Waals surface area contributed by atoms with Crippen LogP contribution >= 0.6 is 0 Å². The van der Waals surface area contributed by atoms with Crippen LogP contribution in [0.25, 0.3) is 0 Å². The molecule has 1 aliphatic rings. The molecular weight excluding hydrogens is 337 g/mol. The molecule has 0 bridgehead atoms.